The molecular weight excluding hydrogens is 200 g/mol. The average Bonchev–Trinajstić information content (AvgIpc) is 2.80. The summed E-state index contributed by atoms with van der Waals surface area (Å²) in [5, 5.41) is 3.52. The number of fused-ring (bicyclic) bond motifs is 2. The van der Waals surface area contributed by atoms with Gasteiger partial charge in [0.05, 0.1) is 0 Å². The normalized spacial score (nSPS) is 41.2. The first kappa shape index (κ1) is 10.6. The first-order chi connectivity index (χ1) is 7.81. The van der Waals surface area contributed by atoms with Crippen molar-refractivity contribution in [2.24, 2.45) is 17.8 Å². The first-order valence-corrected chi connectivity index (χ1v) is 6.81. The summed E-state index contributed by atoms with van der Waals surface area (Å²) in [6.07, 6.45) is 4.33. The number of amides is 1. The molecule has 2 bridgehead atoms. The van der Waals surface area contributed by atoms with Gasteiger partial charge in [0, 0.05) is 25.6 Å². The lowest BCUT2D eigenvalue weighted by Gasteiger charge is -2.52. The predicted octanol–water partition coefficient (Wildman–Crippen LogP) is 1.24. The van der Waals surface area contributed by atoms with E-state index in [9.17, 15) is 4.79 Å². The second kappa shape index (κ2) is 4.02. The molecule has 3 saturated heterocycles. The highest BCUT2D eigenvalue weighted by Gasteiger charge is 2.50. The maximum atomic E-state index is 12.1. The molecule has 4 atom stereocenters. The van der Waals surface area contributed by atoms with E-state index in [1.54, 1.807) is 0 Å². The average molecular weight is 222 g/mol. The zero-order valence-corrected chi connectivity index (χ0v) is 10.1. The second-order valence-corrected chi connectivity index (χ2v) is 5.69. The highest BCUT2D eigenvalue weighted by Crippen LogP contribution is 2.45. The van der Waals surface area contributed by atoms with Crippen molar-refractivity contribution < 1.29 is 4.79 Å². The van der Waals surface area contributed by atoms with Gasteiger partial charge < -0.3 is 10.2 Å². The Balaban J connectivity index is 1.77. The van der Waals surface area contributed by atoms with Crippen LogP contribution in [0.15, 0.2) is 0 Å². The molecule has 0 spiro atoms. The fraction of sp³-hybridized carbons (Fsp3) is 0.923. The molecular formula is C13H22N2O. The van der Waals surface area contributed by atoms with Gasteiger partial charge in [-0.1, -0.05) is 6.92 Å². The Morgan fingerprint density at radius 3 is 2.94 bits per heavy atom. The molecule has 1 N–H and O–H groups in total. The summed E-state index contributed by atoms with van der Waals surface area (Å²) in [4.78, 5) is 14.3. The van der Waals surface area contributed by atoms with Crippen LogP contribution in [0.25, 0.3) is 0 Å². The number of hydrogen-bond donors (Lipinski definition) is 1. The minimum atomic E-state index is 0.405. The molecule has 0 aromatic carbocycles. The Hall–Kier alpha value is -0.570. The highest BCUT2D eigenvalue weighted by atomic mass is 16.2. The largest absolute Gasteiger partial charge is 0.339 e. The Bertz CT molecular complexity index is 292. The van der Waals surface area contributed by atoms with Crippen LogP contribution in [0.4, 0.5) is 0 Å². The van der Waals surface area contributed by atoms with Crippen LogP contribution in [0.3, 0.4) is 0 Å². The zero-order valence-electron chi connectivity index (χ0n) is 10.1. The van der Waals surface area contributed by atoms with Crippen molar-refractivity contribution in [1.29, 1.82) is 0 Å². The van der Waals surface area contributed by atoms with Crippen LogP contribution < -0.4 is 5.32 Å². The van der Waals surface area contributed by atoms with E-state index in [0.29, 0.717) is 11.9 Å². The minimum Gasteiger partial charge on any atom is -0.339 e. The van der Waals surface area contributed by atoms with Crippen LogP contribution in [0, 0.1) is 17.8 Å². The van der Waals surface area contributed by atoms with E-state index in [4.69, 9.17) is 0 Å². The molecule has 0 unspecified atom stereocenters. The second-order valence-electron chi connectivity index (χ2n) is 5.69. The molecule has 90 valence electrons. The van der Waals surface area contributed by atoms with E-state index in [2.05, 4.69) is 17.1 Å². The Morgan fingerprint density at radius 1 is 1.31 bits per heavy atom. The number of hydrogen-bond acceptors (Lipinski definition) is 2. The van der Waals surface area contributed by atoms with Gasteiger partial charge in [-0.2, -0.15) is 0 Å². The molecule has 3 heteroatoms. The third-order valence-corrected chi connectivity index (χ3v) is 4.86. The van der Waals surface area contributed by atoms with E-state index in [1.807, 2.05) is 0 Å². The van der Waals surface area contributed by atoms with Gasteiger partial charge in [0.25, 0.3) is 0 Å². The van der Waals surface area contributed by atoms with Crippen molar-refractivity contribution in [3.05, 3.63) is 0 Å². The van der Waals surface area contributed by atoms with Gasteiger partial charge in [0.15, 0.2) is 0 Å². The summed E-state index contributed by atoms with van der Waals surface area (Å²) in [7, 11) is 0. The molecule has 4 rings (SSSR count). The van der Waals surface area contributed by atoms with E-state index in [1.165, 1.54) is 19.4 Å². The highest BCUT2D eigenvalue weighted by molar-refractivity contribution is 5.76. The Morgan fingerprint density at radius 2 is 2.12 bits per heavy atom. The lowest BCUT2D eigenvalue weighted by Crippen LogP contribution is -2.59. The molecule has 4 aliphatic rings. The SMILES string of the molecule is CCCC(=O)N1C[C@H]2CC[C@H]1[C@@H]1CNC[C@@H]21. The third kappa shape index (κ3) is 1.48. The molecule has 0 radical (unpaired) electrons. The fourth-order valence-electron chi connectivity index (χ4n) is 4.12. The summed E-state index contributed by atoms with van der Waals surface area (Å²) in [5.74, 6) is 2.81. The summed E-state index contributed by atoms with van der Waals surface area (Å²) >= 11 is 0. The molecule has 4 fully saturated rings. The van der Waals surface area contributed by atoms with E-state index in [0.717, 1.165) is 43.7 Å². The topological polar surface area (TPSA) is 32.3 Å². The first-order valence-electron chi connectivity index (χ1n) is 6.81. The van der Waals surface area contributed by atoms with Gasteiger partial charge >= 0.3 is 0 Å². The van der Waals surface area contributed by atoms with Crippen molar-refractivity contribution in [2.75, 3.05) is 19.6 Å². The standard InChI is InChI=1S/C13H22N2O/c1-2-3-13(16)15-8-9-4-5-12(15)11-7-14-6-10(9)11/h9-12,14H,2-8H2,1H3/t9-,10+,11-,12+/m1/s1. The van der Waals surface area contributed by atoms with E-state index < -0.39 is 0 Å². The monoisotopic (exact) mass is 222 g/mol. The van der Waals surface area contributed by atoms with Gasteiger partial charge in [-0.15, -0.1) is 0 Å². The van der Waals surface area contributed by atoms with Crippen molar-refractivity contribution in [1.82, 2.24) is 10.2 Å². The van der Waals surface area contributed by atoms with Gasteiger partial charge in [-0.25, -0.2) is 0 Å². The molecule has 0 aromatic rings. The van der Waals surface area contributed by atoms with Crippen molar-refractivity contribution in [2.45, 2.75) is 38.6 Å². The molecule has 16 heavy (non-hydrogen) atoms. The van der Waals surface area contributed by atoms with Crippen molar-refractivity contribution in [3.8, 4) is 0 Å². The van der Waals surface area contributed by atoms with Crippen LogP contribution >= 0.6 is 0 Å². The van der Waals surface area contributed by atoms with E-state index >= 15 is 0 Å². The van der Waals surface area contributed by atoms with Crippen molar-refractivity contribution in [3.63, 3.8) is 0 Å². The lowest BCUT2D eigenvalue weighted by molar-refractivity contribution is -0.143. The maximum Gasteiger partial charge on any atom is 0.222 e. The van der Waals surface area contributed by atoms with Gasteiger partial charge in [-0.3, -0.25) is 4.79 Å². The summed E-state index contributed by atoms with van der Waals surface area (Å²) in [5.41, 5.74) is 0. The van der Waals surface area contributed by atoms with Crippen molar-refractivity contribution >= 4 is 5.91 Å². The molecule has 3 heterocycles. The maximum absolute atomic E-state index is 12.1. The summed E-state index contributed by atoms with van der Waals surface area (Å²) in [6.45, 7) is 5.48. The summed E-state index contributed by atoms with van der Waals surface area (Å²) < 4.78 is 0. The van der Waals surface area contributed by atoms with Crippen LogP contribution in [0.1, 0.15) is 32.6 Å². The quantitative estimate of drug-likeness (QED) is 0.762. The summed E-state index contributed by atoms with van der Waals surface area (Å²) in [6, 6.07) is 0.559. The van der Waals surface area contributed by atoms with Crippen LogP contribution in [-0.4, -0.2) is 36.5 Å². The predicted molar refractivity (Wildman–Crippen MR) is 63.0 cm³/mol. The Labute approximate surface area is 97.6 Å². The van der Waals surface area contributed by atoms with Gasteiger partial charge in [0.1, 0.15) is 0 Å². The molecule has 1 saturated carbocycles. The van der Waals surface area contributed by atoms with Crippen LogP contribution in [0.5, 0.6) is 0 Å². The van der Waals surface area contributed by atoms with E-state index in [-0.39, 0.29) is 0 Å². The van der Waals surface area contributed by atoms with Gasteiger partial charge in [-0.05, 0) is 43.6 Å². The van der Waals surface area contributed by atoms with Gasteiger partial charge in [0.2, 0.25) is 5.91 Å². The number of nitrogens with zero attached hydrogens (tertiary/aromatic N) is 1. The minimum absolute atomic E-state index is 0.405. The Kier molecular flexibility index (Phi) is 2.66. The number of rotatable bonds is 2. The molecule has 3 aliphatic heterocycles. The fourth-order valence-corrected chi connectivity index (χ4v) is 4.12. The number of nitrogens with one attached hydrogen (secondary N) is 1. The number of piperidine rings is 2. The third-order valence-electron chi connectivity index (χ3n) is 4.86. The molecule has 1 amide bonds. The smallest absolute Gasteiger partial charge is 0.222 e. The molecule has 1 aliphatic carbocycles. The number of carbonyl (C=O) groups excluding carboxylic acids is 1. The zero-order chi connectivity index (χ0) is 11.1. The number of carbonyl (C=O) groups is 1. The van der Waals surface area contributed by atoms with Crippen LogP contribution in [0.2, 0.25) is 0 Å². The molecule has 3 nitrogen and oxygen atoms in total. The van der Waals surface area contributed by atoms with Crippen LogP contribution in [-0.2, 0) is 4.79 Å². The molecule has 0 aromatic heterocycles. The lowest BCUT2D eigenvalue weighted by atomic mass is 9.66.